The molecule has 3 rings (SSSR count). The van der Waals surface area contributed by atoms with Gasteiger partial charge in [0, 0.05) is 5.92 Å². The van der Waals surface area contributed by atoms with Crippen LogP contribution in [0.2, 0.25) is 10.0 Å². The number of nitrogens with zero attached hydrogens (tertiary/aromatic N) is 1. The highest BCUT2D eigenvalue weighted by Crippen LogP contribution is 2.36. The Balaban J connectivity index is 1.81. The number of rotatable bonds is 3. The van der Waals surface area contributed by atoms with Gasteiger partial charge >= 0.3 is 6.03 Å². The van der Waals surface area contributed by atoms with Crippen molar-refractivity contribution < 1.29 is 9.59 Å². The van der Waals surface area contributed by atoms with Gasteiger partial charge in [0.15, 0.2) is 0 Å². The number of urea groups is 1. The molecule has 3 amide bonds. The summed E-state index contributed by atoms with van der Waals surface area (Å²) in [6.45, 7) is 0. The second-order valence-electron chi connectivity index (χ2n) is 6.35. The average molecular weight is 409 g/mol. The van der Waals surface area contributed by atoms with E-state index in [-0.39, 0.29) is 27.2 Å². The average Bonchev–Trinajstić information content (AvgIpc) is 2.66. The summed E-state index contributed by atoms with van der Waals surface area (Å²) in [6.07, 6.45) is 5.01. The molecule has 0 aliphatic heterocycles. The van der Waals surface area contributed by atoms with Crippen molar-refractivity contribution in [2.45, 2.75) is 38.0 Å². The lowest BCUT2D eigenvalue weighted by Gasteiger charge is -2.23. The summed E-state index contributed by atoms with van der Waals surface area (Å²) in [5.74, 6) is -0.575. The van der Waals surface area contributed by atoms with Gasteiger partial charge in [-0.3, -0.25) is 14.9 Å². The second kappa shape index (κ2) is 8.54. The Morgan fingerprint density at radius 2 is 1.81 bits per heavy atom. The van der Waals surface area contributed by atoms with E-state index >= 15 is 0 Å². The molecule has 0 bridgehead atoms. The molecule has 27 heavy (non-hydrogen) atoms. The number of nitrogens with one attached hydrogen (secondary N) is 3. The minimum absolute atomic E-state index is 0.0858. The van der Waals surface area contributed by atoms with Crippen molar-refractivity contribution in [1.29, 1.82) is 0 Å². The van der Waals surface area contributed by atoms with E-state index in [9.17, 15) is 14.4 Å². The van der Waals surface area contributed by atoms with E-state index in [4.69, 9.17) is 23.2 Å². The van der Waals surface area contributed by atoms with Crippen LogP contribution in [0.3, 0.4) is 0 Å². The van der Waals surface area contributed by atoms with Crippen LogP contribution in [0.15, 0.2) is 29.1 Å². The van der Waals surface area contributed by atoms with Gasteiger partial charge in [-0.2, -0.15) is 5.10 Å². The van der Waals surface area contributed by atoms with Crippen LogP contribution in [0.25, 0.3) is 0 Å². The fourth-order valence-corrected chi connectivity index (χ4v) is 3.60. The normalized spacial score (nSPS) is 14.6. The number of H-pyrrole nitrogens is 1. The molecular formula is C18H18Cl2N4O3. The van der Waals surface area contributed by atoms with Gasteiger partial charge in [0.1, 0.15) is 5.02 Å². The van der Waals surface area contributed by atoms with E-state index < -0.39 is 17.5 Å². The number of benzene rings is 1. The Kier molecular flexibility index (Phi) is 6.13. The first-order valence-corrected chi connectivity index (χ1v) is 9.38. The maximum absolute atomic E-state index is 12.3. The van der Waals surface area contributed by atoms with Gasteiger partial charge in [0.05, 0.1) is 22.0 Å². The summed E-state index contributed by atoms with van der Waals surface area (Å²) < 4.78 is 0. The molecule has 3 N–H and O–H groups in total. The Morgan fingerprint density at radius 3 is 2.52 bits per heavy atom. The number of halogens is 2. The number of hydrogen-bond acceptors (Lipinski definition) is 4. The van der Waals surface area contributed by atoms with Crippen molar-refractivity contribution in [3.05, 3.63) is 55.9 Å². The third-order valence-corrected chi connectivity index (χ3v) is 5.22. The van der Waals surface area contributed by atoms with Crippen LogP contribution in [-0.2, 0) is 0 Å². The smallest absolute Gasteiger partial charge is 0.304 e. The summed E-state index contributed by atoms with van der Waals surface area (Å²) in [4.78, 5) is 36.4. The third kappa shape index (κ3) is 4.48. The first-order chi connectivity index (χ1) is 13.0. The maximum atomic E-state index is 12.3. The van der Waals surface area contributed by atoms with Crippen LogP contribution >= 0.6 is 23.2 Å². The number of aromatic nitrogens is 2. The van der Waals surface area contributed by atoms with E-state index in [1.54, 1.807) is 18.2 Å². The van der Waals surface area contributed by atoms with E-state index in [1.165, 1.54) is 6.07 Å². The molecule has 1 aliphatic rings. The summed E-state index contributed by atoms with van der Waals surface area (Å²) in [5, 5.41) is 11.2. The standard InChI is InChI=1S/C18H18Cl2N4O3/c19-12-9-5-4-8-11(12)16(25)22-18(27)21-15-13(20)17(26)24-23-14(15)10-6-2-1-3-7-10/h4-5,8-10H,1-3,6-7H2,(H3,21,22,24,25,26,27). The highest BCUT2D eigenvalue weighted by Gasteiger charge is 2.25. The van der Waals surface area contributed by atoms with Crippen LogP contribution in [0.1, 0.15) is 54.1 Å². The Labute approximate surface area is 165 Å². The van der Waals surface area contributed by atoms with Crippen LogP contribution in [-0.4, -0.2) is 22.1 Å². The van der Waals surface area contributed by atoms with Crippen LogP contribution in [0.5, 0.6) is 0 Å². The zero-order chi connectivity index (χ0) is 19.4. The first kappa shape index (κ1) is 19.4. The molecule has 0 unspecified atom stereocenters. The van der Waals surface area contributed by atoms with Gasteiger partial charge < -0.3 is 5.32 Å². The van der Waals surface area contributed by atoms with Crippen molar-refractivity contribution in [2.75, 3.05) is 5.32 Å². The largest absolute Gasteiger partial charge is 0.326 e. The molecule has 1 aliphatic carbocycles. The Bertz CT molecular complexity index is 923. The number of imide groups is 1. The molecule has 1 saturated carbocycles. The summed E-state index contributed by atoms with van der Waals surface area (Å²) in [6, 6.07) is 5.55. The Morgan fingerprint density at radius 1 is 1.11 bits per heavy atom. The zero-order valence-electron chi connectivity index (χ0n) is 14.4. The number of amides is 3. The molecule has 2 aromatic rings. The monoisotopic (exact) mass is 408 g/mol. The lowest BCUT2D eigenvalue weighted by atomic mass is 9.86. The van der Waals surface area contributed by atoms with E-state index in [0.717, 1.165) is 32.1 Å². The fraction of sp³-hybridized carbons (Fsp3) is 0.333. The second-order valence-corrected chi connectivity index (χ2v) is 7.14. The summed E-state index contributed by atoms with van der Waals surface area (Å²) in [7, 11) is 0. The maximum Gasteiger partial charge on any atom is 0.326 e. The number of carbonyl (C=O) groups is 2. The first-order valence-electron chi connectivity index (χ1n) is 8.62. The minimum atomic E-state index is -0.814. The lowest BCUT2D eigenvalue weighted by molar-refractivity contribution is 0.0967. The van der Waals surface area contributed by atoms with Crippen molar-refractivity contribution >= 4 is 40.8 Å². The van der Waals surface area contributed by atoms with Crippen molar-refractivity contribution in [3.8, 4) is 0 Å². The molecule has 0 atom stereocenters. The van der Waals surface area contributed by atoms with Gasteiger partial charge in [-0.05, 0) is 25.0 Å². The van der Waals surface area contributed by atoms with Gasteiger partial charge in [0.2, 0.25) is 0 Å². The number of anilines is 1. The lowest BCUT2D eigenvalue weighted by Crippen LogP contribution is -2.35. The number of hydrogen-bond donors (Lipinski definition) is 3. The van der Waals surface area contributed by atoms with Gasteiger partial charge in [0.25, 0.3) is 11.5 Å². The molecule has 142 valence electrons. The quantitative estimate of drug-likeness (QED) is 0.710. The van der Waals surface area contributed by atoms with Crippen LogP contribution in [0, 0.1) is 0 Å². The molecule has 0 radical (unpaired) electrons. The van der Waals surface area contributed by atoms with E-state index in [0.29, 0.717) is 5.69 Å². The van der Waals surface area contributed by atoms with Crippen molar-refractivity contribution in [2.24, 2.45) is 0 Å². The molecule has 1 fully saturated rings. The van der Waals surface area contributed by atoms with Gasteiger partial charge in [-0.1, -0.05) is 54.6 Å². The molecule has 7 nitrogen and oxygen atoms in total. The molecule has 1 heterocycles. The molecule has 1 aromatic carbocycles. The Hall–Kier alpha value is -2.38. The molecule has 9 heteroatoms. The van der Waals surface area contributed by atoms with Crippen molar-refractivity contribution in [3.63, 3.8) is 0 Å². The predicted octanol–water partition coefficient (Wildman–Crippen LogP) is 4.09. The molecule has 0 spiro atoms. The van der Waals surface area contributed by atoms with E-state index in [1.807, 2.05) is 0 Å². The summed E-state index contributed by atoms with van der Waals surface area (Å²) in [5.41, 5.74) is 0.220. The van der Waals surface area contributed by atoms with Crippen LogP contribution in [0.4, 0.5) is 10.5 Å². The number of carbonyl (C=O) groups excluding carboxylic acids is 2. The highest BCUT2D eigenvalue weighted by atomic mass is 35.5. The SMILES string of the molecule is O=C(NC(=O)c1ccccc1Cl)Nc1c(C2CCCCC2)n[nH]c(=O)c1Cl. The van der Waals surface area contributed by atoms with Gasteiger partial charge in [-0.25, -0.2) is 9.89 Å². The van der Waals surface area contributed by atoms with E-state index in [2.05, 4.69) is 20.8 Å². The predicted molar refractivity (Wildman–Crippen MR) is 104 cm³/mol. The van der Waals surface area contributed by atoms with Crippen LogP contribution < -0.4 is 16.2 Å². The fourth-order valence-electron chi connectivity index (χ4n) is 3.19. The third-order valence-electron chi connectivity index (χ3n) is 4.53. The number of aromatic amines is 1. The van der Waals surface area contributed by atoms with Gasteiger partial charge in [-0.15, -0.1) is 0 Å². The highest BCUT2D eigenvalue weighted by molar-refractivity contribution is 6.35. The topological polar surface area (TPSA) is 104 Å². The van der Waals surface area contributed by atoms with Crippen molar-refractivity contribution in [1.82, 2.24) is 15.5 Å². The molecule has 1 aromatic heterocycles. The molecule has 0 saturated heterocycles. The zero-order valence-corrected chi connectivity index (χ0v) is 15.9. The summed E-state index contributed by atoms with van der Waals surface area (Å²) >= 11 is 12.1. The molecular weight excluding hydrogens is 391 g/mol. The minimum Gasteiger partial charge on any atom is -0.304 e.